The van der Waals surface area contributed by atoms with Crippen LogP contribution in [0.3, 0.4) is 0 Å². The van der Waals surface area contributed by atoms with E-state index in [-0.39, 0.29) is 0 Å². The van der Waals surface area contributed by atoms with E-state index in [1.54, 1.807) is 0 Å². The first-order valence-electron chi connectivity index (χ1n) is 8.97. The van der Waals surface area contributed by atoms with Crippen molar-refractivity contribution in [1.82, 2.24) is 9.80 Å². The van der Waals surface area contributed by atoms with Crippen molar-refractivity contribution in [2.24, 2.45) is 5.92 Å². The van der Waals surface area contributed by atoms with E-state index in [0.29, 0.717) is 0 Å². The van der Waals surface area contributed by atoms with Gasteiger partial charge in [0.25, 0.3) is 0 Å². The third-order valence-corrected chi connectivity index (χ3v) is 5.38. The minimum Gasteiger partial charge on any atom is -0.369 e. The number of nitrogens with zero attached hydrogens (tertiary/aromatic N) is 3. The third kappa shape index (κ3) is 4.23. The average Bonchev–Trinajstić information content (AvgIpc) is 2.56. The maximum Gasteiger partial charge on any atom is 0.0367 e. The summed E-state index contributed by atoms with van der Waals surface area (Å²) < 4.78 is 0. The van der Waals surface area contributed by atoms with Crippen LogP contribution in [0.15, 0.2) is 24.3 Å². The molecule has 2 heterocycles. The van der Waals surface area contributed by atoms with Crippen LogP contribution in [0.2, 0.25) is 0 Å². The van der Waals surface area contributed by atoms with Gasteiger partial charge in [-0.05, 0) is 50.9 Å². The second-order valence-electron chi connectivity index (χ2n) is 7.19. The van der Waals surface area contributed by atoms with Crippen LogP contribution in [0.4, 0.5) is 5.69 Å². The highest BCUT2D eigenvalue weighted by Gasteiger charge is 2.19. The molecule has 0 atom stereocenters. The molecule has 0 amide bonds. The Balaban J connectivity index is 1.39. The van der Waals surface area contributed by atoms with Crippen molar-refractivity contribution in [2.45, 2.75) is 26.7 Å². The SMILES string of the molecule is Cc1ccc(N2CCN(CCN3CCC(C)CC3)CC2)cc1. The molecule has 0 radical (unpaired) electrons. The number of piperidine rings is 1. The summed E-state index contributed by atoms with van der Waals surface area (Å²) in [6.07, 6.45) is 2.78. The number of piperazine rings is 1. The zero-order valence-corrected chi connectivity index (χ0v) is 14.3. The van der Waals surface area contributed by atoms with Crippen molar-refractivity contribution >= 4 is 5.69 Å². The van der Waals surface area contributed by atoms with Crippen molar-refractivity contribution in [2.75, 3.05) is 57.3 Å². The van der Waals surface area contributed by atoms with Gasteiger partial charge in [0.1, 0.15) is 0 Å². The van der Waals surface area contributed by atoms with Gasteiger partial charge in [0.05, 0.1) is 0 Å². The second kappa shape index (κ2) is 7.47. The first-order chi connectivity index (χ1) is 10.7. The molecular formula is C19H31N3. The highest BCUT2D eigenvalue weighted by molar-refractivity contribution is 5.47. The first kappa shape index (κ1) is 15.8. The lowest BCUT2D eigenvalue weighted by molar-refractivity contribution is 0.157. The Morgan fingerprint density at radius 2 is 1.36 bits per heavy atom. The fraction of sp³-hybridized carbons (Fsp3) is 0.684. The summed E-state index contributed by atoms with van der Waals surface area (Å²) in [5.74, 6) is 0.939. The van der Waals surface area contributed by atoms with Crippen LogP contribution in [0.1, 0.15) is 25.3 Å². The Bertz CT molecular complexity index is 440. The first-order valence-corrected chi connectivity index (χ1v) is 8.97. The highest BCUT2D eigenvalue weighted by atomic mass is 15.3. The molecule has 0 aromatic heterocycles. The Morgan fingerprint density at radius 1 is 0.818 bits per heavy atom. The van der Waals surface area contributed by atoms with E-state index in [1.165, 1.54) is 76.5 Å². The van der Waals surface area contributed by atoms with Gasteiger partial charge in [-0.2, -0.15) is 0 Å². The summed E-state index contributed by atoms with van der Waals surface area (Å²) >= 11 is 0. The van der Waals surface area contributed by atoms with Crippen molar-refractivity contribution in [1.29, 1.82) is 0 Å². The van der Waals surface area contributed by atoms with Gasteiger partial charge in [-0.3, -0.25) is 4.90 Å². The number of hydrogen-bond donors (Lipinski definition) is 0. The third-order valence-electron chi connectivity index (χ3n) is 5.38. The van der Waals surface area contributed by atoms with Crippen molar-refractivity contribution in [3.8, 4) is 0 Å². The van der Waals surface area contributed by atoms with Gasteiger partial charge in [0, 0.05) is 45.0 Å². The summed E-state index contributed by atoms with van der Waals surface area (Å²) in [7, 11) is 0. The molecule has 1 aromatic carbocycles. The molecule has 0 spiro atoms. The van der Waals surface area contributed by atoms with E-state index in [2.05, 4.69) is 52.8 Å². The molecule has 0 N–H and O–H groups in total. The predicted molar refractivity (Wildman–Crippen MR) is 94.7 cm³/mol. The second-order valence-corrected chi connectivity index (χ2v) is 7.19. The monoisotopic (exact) mass is 301 g/mol. The molecule has 0 bridgehead atoms. The van der Waals surface area contributed by atoms with Crippen LogP contribution >= 0.6 is 0 Å². The molecule has 22 heavy (non-hydrogen) atoms. The molecule has 3 rings (SSSR count). The number of benzene rings is 1. The number of likely N-dealkylation sites (tertiary alicyclic amines) is 1. The fourth-order valence-electron chi connectivity index (χ4n) is 3.55. The van der Waals surface area contributed by atoms with Gasteiger partial charge >= 0.3 is 0 Å². The van der Waals surface area contributed by atoms with E-state index in [1.807, 2.05) is 0 Å². The molecule has 2 saturated heterocycles. The Hall–Kier alpha value is -1.06. The topological polar surface area (TPSA) is 9.72 Å². The van der Waals surface area contributed by atoms with Gasteiger partial charge in [0.2, 0.25) is 0 Å². The normalized spacial score (nSPS) is 22.2. The smallest absolute Gasteiger partial charge is 0.0367 e. The summed E-state index contributed by atoms with van der Waals surface area (Å²) in [5, 5.41) is 0. The molecule has 122 valence electrons. The lowest BCUT2D eigenvalue weighted by Crippen LogP contribution is -2.49. The molecule has 0 saturated carbocycles. The van der Waals surface area contributed by atoms with Crippen LogP contribution < -0.4 is 4.90 Å². The molecule has 3 heteroatoms. The van der Waals surface area contributed by atoms with Crippen LogP contribution in [0, 0.1) is 12.8 Å². The standard InChI is InChI=1S/C19H31N3/c1-17-3-5-19(6-4-17)22-15-13-21(14-16-22)12-11-20-9-7-18(2)8-10-20/h3-6,18H,7-16H2,1-2H3. The molecule has 2 aliphatic heterocycles. The zero-order chi connectivity index (χ0) is 15.4. The van der Waals surface area contributed by atoms with E-state index in [0.717, 1.165) is 5.92 Å². The molecular weight excluding hydrogens is 270 g/mol. The number of hydrogen-bond acceptors (Lipinski definition) is 3. The Labute approximate surface area is 135 Å². The number of aryl methyl sites for hydroxylation is 1. The van der Waals surface area contributed by atoms with Crippen LogP contribution in [-0.2, 0) is 0 Å². The summed E-state index contributed by atoms with van der Waals surface area (Å²) in [6, 6.07) is 8.97. The molecule has 0 unspecified atom stereocenters. The fourth-order valence-corrected chi connectivity index (χ4v) is 3.55. The van der Waals surface area contributed by atoms with Crippen LogP contribution in [0.25, 0.3) is 0 Å². The van der Waals surface area contributed by atoms with Gasteiger partial charge in [-0.15, -0.1) is 0 Å². The number of anilines is 1. The van der Waals surface area contributed by atoms with E-state index in [9.17, 15) is 0 Å². The van der Waals surface area contributed by atoms with E-state index < -0.39 is 0 Å². The van der Waals surface area contributed by atoms with Crippen LogP contribution in [0.5, 0.6) is 0 Å². The highest BCUT2D eigenvalue weighted by Crippen LogP contribution is 2.18. The van der Waals surface area contributed by atoms with E-state index >= 15 is 0 Å². The summed E-state index contributed by atoms with van der Waals surface area (Å²) in [5.41, 5.74) is 2.73. The minimum atomic E-state index is 0.939. The van der Waals surface area contributed by atoms with Gasteiger partial charge < -0.3 is 9.80 Å². The molecule has 3 nitrogen and oxygen atoms in total. The summed E-state index contributed by atoms with van der Waals surface area (Å²) in [4.78, 5) is 7.83. The maximum absolute atomic E-state index is 2.66. The Kier molecular flexibility index (Phi) is 5.37. The van der Waals surface area contributed by atoms with Crippen LogP contribution in [-0.4, -0.2) is 62.2 Å². The van der Waals surface area contributed by atoms with Gasteiger partial charge in [-0.25, -0.2) is 0 Å². The lowest BCUT2D eigenvalue weighted by Gasteiger charge is -2.38. The molecule has 0 aliphatic carbocycles. The number of rotatable bonds is 4. The zero-order valence-electron chi connectivity index (χ0n) is 14.3. The average molecular weight is 301 g/mol. The maximum atomic E-state index is 2.66. The largest absolute Gasteiger partial charge is 0.369 e. The molecule has 2 fully saturated rings. The predicted octanol–water partition coefficient (Wildman–Crippen LogP) is 2.85. The van der Waals surface area contributed by atoms with Gasteiger partial charge in [-0.1, -0.05) is 24.6 Å². The van der Waals surface area contributed by atoms with Gasteiger partial charge in [0.15, 0.2) is 0 Å². The van der Waals surface area contributed by atoms with Crippen molar-refractivity contribution in [3.63, 3.8) is 0 Å². The minimum absolute atomic E-state index is 0.939. The summed E-state index contributed by atoms with van der Waals surface area (Å²) in [6.45, 7) is 14.4. The molecule has 2 aliphatic rings. The van der Waals surface area contributed by atoms with E-state index in [4.69, 9.17) is 0 Å². The lowest BCUT2D eigenvalue weighted by atomic mass is 9.99. The van der Waals surface area contributed by atoms with Crippen molar-refractivity contribution in [3.05, 3.63) is 29.8 Å². The quantitative estimate of drug-likeness (QED) is 0.847. The molecule has 1 aromatic rings. The van der Waals surface area contributed by atoms with Crippen molar-refractivity contribution < 1.29 is 0 Å². The Morgan fingerprint density at radius 3 is 1.95 bits per heavy atom.